The second kappa shape index (κ2) is 9.07. The fourth-order valence-corrected chi connectivity index (χ4v) is 4.68. The number of anilines is 1. The summed E-state index contributed by atoms with van der Waals surface area (Å²) in [5.41, 5.74) is 2.01. The maximum absolute atomic E-state index is 12.6. The van der Waals surface area contributed by atoms with E-state index < -0.39 is 5.60 Å². The number of hydrogen-bond donors (Lipinski definition) is 2. The van der Waals surface area contributed by atoms with E-state index in [0.29, 0.717) is 5.03 Å². The molecule has 1 aliphatic heterocycles. The summed E-state index contributed by atoms with van der Waals surface area (Å²) in [7, 11) is 0. The van der Waals surface area contributed by atoms with Gasteiger partial charge in [-0.25, -0.2) is 14.8 Å². The number of alkyl carbamates (subject to hydrolysis) is 1. The Morgan fingerprint density at radius 1 is 1.20 bits per heavy atom. The van der Waals surface area contributed by atoms with E-state index in [4.69, 9.17) is 4.74 Å². The molecule has 156 valence electrons. The molecule has 4 rings (SSSR count). The summed E-state index contributed by atoms with van der Waals surface area (Å²) in [5, 5.41) is 3.82. The van der Waals surface area contributed by atoms with Gasteiger partial charge in [-0.15, -0.1) is 12.6 Å². The van der Waals surface area contributed by atoms with Gasteiger partial charge >= 0.3 is 35.7 Å². The van der Waals surface area contributed by atoms with E-state index in [0.717, 1.165) is 38.2 Å². The average molecular weight is 437 g/mol. The monoisotopic (exact) mass is 436 g/mol. The molecule has 0 saturated carbocycles. The molecule has 2 aromatic rings. The van der Waals surface area contributed by atoms with Gasteiger partial charge in [-0.1, -0.05) is 24.3 Å². The molecule has 1 spiro atoms. The van der Waals surface area contributed by atoms with Crippen LogP contribution in [0.3, 0.4) is 0 Å². The van der Waals surface area contributed by atoms with Gasteiger partial charge in [0, 0.05) is 18.5 Å². The van der Waals surface area contributed by atoms with Crippen molar-refractivity contribution in [1.82, 2.24) is 15.3 Å². The summed E-state index contributed by atoms with van der Waals surface area (Å²) in [4.78, 5) is 23.6. The summed E-state index contributed by atoms with van der Waals surface area (Å²) in [5.74, 6) is 0.879. The molecule has 1 amide bonds. The zero-order chi connectivity index (χ0) is 20.6. The Balaban J connectivity index is 0.00000256. The third-order valence-electron chi connectivity index (χ3n) is 5.89. The molecule has 1 atom stereocenters. The summed E-state index contributed by atoms with van der Waals surface area (Å²) in [6.45, 7) is 7.42. The van der Waals surface area contributed by atoms with Crippen LogP contribution in [0.2, 0.25) is 0 Å². The number of thiol groups is 1. The van der Waals surface area contributed by atoms with Crippen molar-refractivity contribution in [1.29, 1.82) is 0 Å². The third kappa shape index (κ3) is 4.96. The molecule has 1 aliphatic carbocycles. The number of aromatic nitrogens is 2. The van der Waals surface area contributed by atoms with Crippen LogP contribution in [0.1, 0.15) is 50.8 Å². The molecule has 30 heavy (non-hydrogen) atoms. The van der Waals surface area contributed by atoms with Crippen molar-refractivity contribution in [3.05, 3.63) is 47.8 Å². The summed E-state index contributed by atoms with van der Waals surface area (Å²) in [6, 6.07) is 8.39. The SMILES string of the molecule is CC(C)(C)OC(=O)N[C@@H]1c2ccccc2CC12CCN(c1cnc(S)cn1)CC2.[NaH]. The predicted octanol–water partition coefficient (Wildman–Crippen LogP) is 3.53. The topological polar surface area (TPSA) is 67.3 Å². The molecule has 1 aromatic heterocycles. The van der Waals surface area contributed by atoms with Crippen LogP contribution in [0.25, 0.3) is 0 Å². The Hall–Kier alpha value is -1.28. The van der Waals surface area contributed by atoms with E-state index in [1.807, 2.05) is 26.8 Å². The van der Waals surface area contributed by atoms with Crippen molar-refractivity contribution in [3.8, 4) is 0 Å². The third-order valence-corrected chi connectivity index (χ3v) is 6.12. The summed E-state index contributed by atoms with van der Waals surface area (Å²) >= 11 is 4.22. The molecule has 1 aromatic carbocycles. The first-order valence-corrected chi connectivity index (χ1v) is 10.5. The van der Waals surface area contributed by atoms with Gasteiger partial charge in [0.25, 0.3) is 0 Å². The zero-order valence-electron chi connectivity index (χ0n) is 17.2. The number of benzene rings is 1. The van der Waals surface area contributed by atoms with E-state index in [1.165, 1.54) is 11.1 Å². The van der Waals surface area contributed by atoms with Crippen LogP contribution in [0.5, 0.6) is 0 Å². The molecule has 8 heteroatoms. The summed E-state index contributed by atoms with van der Waals surface area (Å²) < 4.78 is 5.56. The van der Waals surface area contributed by atoms with Gasteiger partial charge in [0.05, 0.1) is 18.4 Å². The number of ether oxygens (including phenoxy) is 1. The second-order valence-electron chi connectivity index (χ2n) is 9.04. The maximum atomic E-state index is 12.6. The Kier molecular flexibility index (Phi) is 7.07. The first kappa shape index (κ1) is 23.4. The van der Waals surface area contributed by atoms with Crippen LogP contribution in [0.15, 0.2) is 41.7 Å². The molecular weight excluding hydrogens is 407 g/mol. The number of rotatable bonds is 2. The molecule has 0 unspecified atom stereocenters. The molecule has 6 nitrogen and oxygen atoms in total. The van der Waals surface area contributed by atoms with Gasteiger partial charge in [-0.05, 0) is 51.2 Å². The number of carbonyl (C=O) groups excluding carboxylic acids is 1. The minimum atomic E-state index is -0.517. The van der Waals surface area contributed by atoms with Crippen LogP contribution in [-0.4, -0.2) is 64.3 Å². The number of carbonyl (C=O) groups is 1. The van der Waals surface area contributed by atoms with Crippen LogP contribution in [0.4, 0.5) is 10.6 Å². The molecule has 2 aliphatic rings. The predicted molar refractivity (Wildman–Crippen MR) is 123 cm³/mol. The first-order valence-electron chi connectivity index (χ1n) is 10.1. The normalized spacial score (nSPS) is 19.7. The molecule has 1 fully saturated rings. The van der Waals surface area contributed by atoms with Crippen molar-refractivity contribution in [3.63, 3.8) is 0 Å². The molecule has 1 N–H and O–H groups in total. The Labute approximate surface area is 205 Å². The van der Waals surface area contributed by atoms with Crippen molar-refractivity contribution in [2.75, 3.05) is 18.0 Å². The minimum absolute atomic E-state index is 0. The Bertz CT molecular complexity index is 893. The van der Waals surface area contributed by atoms with E-state index >= 15 is 0 Å². The van der Waals surface area contributed by atoms with Gasteiger partial charge in [0.1, 0.15) is 16.4 Å². The molecular formula is C22H29N4NaO2S. The zero-order valence-corrected chi connectivity index (χ0v) is 18.1. The number of piperidine rings is 1. The average Bonchev–Trinajstić information content (AvgIpc) is 2.95. The van der Waals surface area contributed by atoms with Crippen LogP contribution < -0.4 is 10.2 Å². The van der Waals surface area contributed by atoms with Crippen molar-refractivity contribution >= 4 is 54.1 Å². The van der Waals surface area contributed by atoms with Crippen LogP contribution in [0, 0.1) is 5.41 Å². The van der Waals surface area contributed by atoms with Gasteiger partial charge in [0.2, 0.25) is 0 Å². The van der Waals surface area contributed by atoms with E-state index in [-0.39, 0.29) is 47.1 Å². The second-order valence-corrected chi connectivity index (χ2v) is 9.50. The van der Waals surface area contributed by atoms with E-state index in [9.17, 15) is 4.79 Å². The quantitative estimate of drug-likeness (QED) is 0.557. The number of nitrogens with zero attached hydrogens (tertiary/aromatic N) is 3. The van der Waals surface area contributed by atoms with Crippen LogP contribution in [-0.2, 0) is 11.2 Å². The van der Waals surface area contributed by atoms with Crippen molar-refractivity contribution in [2.45, 2.75) is 56.7 Å². The number of nitrogens with one attached hydrogen (secondary N) is 1. The van der Waals surface area contributed by atoms with E-state index in [2.05, 4.69) is 51.0 Å². The van der Waals surface area contributed by atoms with Gasteiger partial charge < -0.3 is 15.0 Å². The Morgan fingerprint density at radius 2 is 1.90 bits per heavy atom. The molecule has 0 radical (unpaired) electrons. The van der Waals surface area contributed by atoms with E-state index in [1.54, 1.807) is 12.4 Å². The summed E-state index contributed by atoms with van der Waals surface area (Å²) in [6.07, 6.45) is 6.01. The fraction of sp³-hybridized carbons (Fsp3) is 0.500. The molecule has 2 heterocycles. The number of amides is 1. The number of fused-ring (bicyclic) bond motifs is 1. The van der Waals surface area contributed by atoms with Gasteiger partial charge in [0.15, 0.2) is 0 Å². The molecule has 1 saturated heterocycles. The van der Waals surface area contributed by atoms with Gasteiger partial charge in [-0.2, -0.15) is 0 Å². The number of hydrogen-bond acceptors (Lipinski definition) is 6. The van der Waals surface area contributed by atoms with Crippen LogP contribution >= 0.6 is 12.6 Å². The van der Waals surface area contributed by atoms with Gasteiger partial charge in [-0.3, -0.25) is 0 Å². The van der Waals surface area contributed by atoms with Crippen molar-refractivity contribution in [2.24, 2.45) is 5.41 Å². The first-order chi connectivity index (χ1) is 13.8. The fourth-order valence-electron chi connectivity index (χ4n) is 4.57. The van der Waals surface area contributed by atoms with Crippen molar-refractivity contribution < 1.29 is 9.53 Å². The standard InChI is InChI=1S/C22H28N4O2S.Na.H/c1-21(2,3)28-20(27)25-19-16-7-5-4-6-15(16)12-22(19)8-10-26(11-9-22)17-13-24-18(29)14-23-17;;/h4-7,13-14,19H,8-12H2,1-3H3,(H,24,29)(H,25,27);;/t19-;;/m1../s1. The Morgan fingerprint density at radius 3 is 2.53 bits per heavy atom. The molecule has 0 bridgehead atoms.